The molecule has 8 nitrogen and oxygen atoms in total. The van der Waals surface area contributed by atoms with Gasteiger partial charge in [0.25, 0.3) is 0 Å². The molecular formula is C31H59N2O6P. The van der Waals surface area contributed by atoms with Gasteiger partial charge in [-0.25, -0.2) is 4.57 Å². The highest BCUT2D eigenvalue weighted by Crippen LogP contribution is 2.43. The molecule has 0 rings (SSSR count). The lowest BCUT2D eigenvalue weighted by atomic mass is 10.1. The molecule has 0 fully saturated rings. The summed E-state index contributed by atoms with van der Waals surface area (Å²) < 4.78 is 21.8. The first-order chi connectivity index (χ1) is 19.4. The van der Waals surface area contributed by atoms with Gasteiger partial charge in [0.2, 0.25) is 5.91 Å². The summed E-state index contributed by atoms with van der Waals surface area (Å²) in [4.78, 5) is 22.4. The molecule has 0 aromatic rings. The Hall–Kier alpha value is -1.28. The van der Waals surface area contributed by atoms with E-state index in [4.69, 9.17) is 14.8 Å². The third-order valence-corrected chi connectivity index (χ3v) is 7.43. The lowest BCUT2D eigenvalue weighted by Gasteiger charge is -2.23. The van der Waals surface area contributed by atoms with Gasteiger partial charge in [-0.3, -0.25) is 13.8 Å². The van der Waals surface area contributed by atoms with Crippen molar-refractivity contribution in [1.29, 1.82) is 0 Å². The average Bonchev–Trinajstić information content (AvgIpc) is 2.93. The molecule has 234 valence electrons. The predicted molar refractivity (Wildman–Crippen MR) is 166 cm³/mol. The molecule has 3 unspecified atom stereocenters. The van der Waals surface area contributed by atoms with E-state index in [1.807, 2.05) is 6.08 Å². The fraction of sp³-hybridized carbons (Fsp3) is 0.774. The molecule has 0 heterocycles. The molecule has 0 radical (unpaired) electrons. The molecule has 0 aliphatic rings. The smallest absolute Gasteiger partial charge is 0.387 e. The van der Waals surface area contributed by atoms with Crippen molar-refractivity contribution in [3.63, 3.8) is 0 Å². The van der Waals surface area contributed by atoms with Crippen molar-refractivity contribution in [2.24, 2.45) is 5.73 Å². The van der Waals surface area contributed by atoms with E-state index in [1.165, 1.54) is 32.1 Å². The number of nitrogens with two attached hydrogens (primary N) is 1. The Balaban J connectivity index is 4.44. The van der Waals surface area contributed by atoms with Gasteiger partial charge in [-0.15, -0.1) is 0 Å². The third kappa shape index (κ3) is 25.7. The van der Waals surface area contributed by atoms with Crippen LogP contribution in [0.25, 0.3) is 0 Å². The number of carbonyl (C=O) groups is 1. The largest absolute Gasteiger partial charge is 0.472 e. The molecule has 0 saturated carbocycles. The maximum atomic E-state index is 12.6. The van der Waals surface area contributed by atoms with E-state index in [-0.39, 0.29) is 25.7 Å². The number of amides is 1. The number of carbonyl (C=O) groups excluding carboxylic acids is 1. The first-order valence-electron chi connectivity index (χ1n) is 15.6. The summed E-state index contributed by atoms with van der Waals surface area (Å²) in [7, 11) is -4.32. The number of hydrogen-bond acceptors (Lipinski definition) is 6. The number of allylic oxidation sites excluding steroid dienone is 5. The van der Waals surface area contributed by atoms with Crippen LogP contribution >= 0.6 is 7.82 Å². The summed E-state index contributed by atoms with van der Waals surface area (Å²) in [6.45, 7) is 3.97. The number of nitrogens with one attached hydrogen (secondary N) is 1. The second kappa shape index (κ2) is 27.9. The minimum Gasteiger partial charge on any atom is -0.387 e. The Morgan fingerprint density at radius 1 is 0.825 bits per heavy atom. The predicted octanol–water partition coefficient (Wildman–Crippen LogP) is 7.26. The minimum absolute atomic E-state index is 0.0747. The Morgan fingerprint density at radius 2 is 1.43 bits per heavy atom. The number of unbranched alkanes of at least 4 members (excludes halogenated alkanes) is 12. The Kier molecular flexibility index (Phi) is 27.0. The highest BCUT2D eigenvalue weighted by atomic mass is 31.2. The maximum Gasteiger partial charge on any atom is 0.472 e. The average molecular weight is 587 g/mol. The molecule has 0 spiro atoms. The van der Waals surface area contributed by atoms with Crippen LogP contribution in [-0.4, -0.2) is 47.8 Å². The van der Waals surface area contributed by atoms with Crippen LogP contribution in [-0.2, 0) is 18.4 Å². The van der Waals surface area contributed by atoms with Crippen LogP contribution in [0.2, 0.25) is 0 Å². The van der Waals surface area contributed by atoms with Crippen molar-refractivity contribution in [2.45, 2.75) is 135 Å². The standard InChI is InChI=1S/C31H59N2O6P/c1-3-5-7-9-11-13-14-15-16-17-19-21-23-25-31(35)33-29(28-39-40(36,37)38-27-26-32)30(34)24-22-20-18-12-10-8-6-4-2/h7,9,13-14,22,24,29-30,34H,3-6,8,10-12,15-21,23,25-28,32H2,1-2H3,(H,33,35)(H,36,37)/b9-7-,14-13-,24-22+. The summed E-state index contributed by atoms with van der Waals surface area (Å²) in [5, 5.41) is 13.4. The van der Waals surface area contributed by atoms with Crippen molar-refractivity contribution in [2.75, 3.05) is 19.8 Å². The van der Waals surface area contributed by atoms with E-state index in [9.17, 15) is 19.4 Å². The van der Waals surface area contributed by atoms with E-state index >= 15 is 0 Å². The molecule has 0 aromatic heterocycles. The number of aliphatic hydroxyl groups excluding tert-OH is 1. The summed E-state index contributed by atoms with van der Waals surface area (Å²) in [5.74, 6) is -0.216. The van der Waals surface area contributed by atoms with Crippen LogP contribution in [0.15, 0.2) is 36.5 Å². The van der Waals surface area contributed by atoms with Gasteiger partial charge in [0, 0.05) is 13.0 Å². The molecular weight excluding hydrogens is 527 g/mol. The van der Waals surface area contributed by atoms with Crippen LogP contribution in [0.4, 0.5) is 0 Å². The number of hydrogen-bond donors (Lipinski definition) is 4. The number of aliphatic hydroxyl groups is 1. The Bertz CT molecular complexity index is 729. The zero-order valence-electron chi connectivity index (χ0n) is 25.3. The van der Waals surface area contributed by atoms with E-state index in [2.05, 4.69) is 43.5 Å². The van der Waals surface area contributed by atoms with E-state index in [0.29, 0.717) is 6.42 Å². The normalized spacial score (nSPS) is 15.2. The van der Waals surface area contributed by atoms with E-state index < -0.39 is 20.0 Å². The zero-order chi connectivity index (χ0) is 29.7. The molecule has 5 N–H and O–H groups in total. The first-order valence-corrected chi connectivity index (χ1v) is 17.1. The van der Waals surface area contributed by atoms with Crippen LogP contribution in [0, 0.1) is 0 Å². The molecule has 9 heteroatoms. The topological polar surface area (TPSA) is 131 Å². The third-order valence-electron chi connectivity index (χ3n) is 6.44. The molecule has 3 atom stereocenters. The SMILES string of the molecule is CCC/C=C\C/C=C\CCCCCCCC(=O)NC(COP(=O)(O)OCCN)C(O)/C=C/CCCCCCCC. The molecule has 0 aliphatic carbocycles. The van der Waals surface area contributed by atoms with Crippen molar-refractivity contribution < 1.29 is 28.4 Å². The molecule has 0 aliphatic heterocycles. The lowest BCUT2D eigenvalue weighted by molar-refractivity contribution is -0.123. The van der Waals surface area contributed by atoms with Gasteiger partial charge in [0.05, 0.1) is 25.4 Å². The van der Waals surface area contributed by atoms with Crippen LogP contribution < -0.4 is 11.1 Å². The fourth-order valence-electron chi connectivity index (χ4n) is 4.05. The molecule has 0 aromatic carbocycles. The minimum atomic E-state index is -4.32. The summed E-state index contributed by atoms with van der Waals surface area (Å²) in [6, 6.07) is -0.862. The van der Waals surface area contributed by atoms with Crippen LogP contribution in [0.1, 0.15) is 123 Å². The van der Waals surface area contributed by atoms with Crippen molar-refractivity contribution >= 4 is 13.7 Å². The van der Waals surface area contributed by atoms with Crippen LogP contribution in [0.3, 0.4) is 0 Å². The van der Waals surface area contributed by atoms with Gasteiger partial charge in [-0.2, -0.15) is 0 Å². The van der Waals surface area contributed by atoms with E-state index in [0.717, 1.165) is 70.6 Å². The van der Waals surface area contributed by atoms with Gasteiger partial charge >= 0.3 is 7.82 Å². The summed E-state index contributed by atoms with van der Waals surface area (Å²) in [6.07, 6.45) is 29.1. The number of rotatable bonds is 28. The summed E-state index contributed by atoms with van der Waals surface area (Å²) >= 11 is 0. The molecule has 1 amide bonds. The van der Waals surface area contributed by atoms with Gasteiger partial charge < -0.3 is 21.1 Å². The van der Waals surface area contributed by atoms with Crippen molar-refractivity contribution in [1.82, 2.24) is 5.32 Å². The number of phosphoric acid groups is 1. The second-order valence-electron chi connectivity index (χ2n) is 10.3. The van der Waals surface area contributed by atoms with Crippen LogP contribution in [0.5, 0.6) is 0 Å². The quantitative estimate of drug-likeness (QED) is 0.0431. The molecule has 0 bridgehead atoms. The molecule has 40 heavy (non-hydrogen) atoms. The van der Waals surface area contributed by atoms with Gasteiger partial charge in [0.1, 0.15) is 0 Å². The fourth-order valence-corrected chi connectivity index (χ4v) is 4.81. The summed E-state index contributed by atoms with van der Waals surface area (Å²) in [5.41, 5.74) is 5.32. The highest BCUT2D eigenvalue weighted by molar-refractivity contribution is 7.47. The lowest BCUT2D eigenvalue weighted by Crippen LogP contribution is -2.45. The highest BCUT2D eigenvalue weighted by Gasteiger charge is 2.26. The Morgan fingerprint density at radius 3 is 2.08 bits per heavy atom. The van der Waals surface area contributed by atoms with Crippen molar-refractivity contribution in [3.8, 4) is 0 Å². The van der Waals surface area contributed by atoms with Gasteiger partial charge in [-0.1, -0.05) is 108 Å². The first kappa shape index (κ1) is 38.7. The maximum absolute atomic E-state index is 12.6. The van der Waals surface area contributed by atoms with E-state index in [1.54, 1.807) is 6.08 Å². The second-order valence-corrected chi connectivity index (χ2v) is 11.8. The van der Waals surface area contributed by atoms with Crippen molar-refractivity contribution in [3.05, 3.63) is 36.5 Å². The Labute approximate surface area is 244 Å². The monoisotopic (exact) mass is 586 g/mol. The van der Waals surface area contributed by atoms with Gasteiger partial charge in [-0.05, 0) is 44.9 Å². The zero-order valence-corrected chi connectivity index (χ0v) is 26.2. The number of phosphoric ester groups is 1. The van der Waals surface area contributed by atoms with Gasteiger partial charge in [0.15, 0.2) is 0 Å². The molecule has 0 saturated heterocycles.